The second kappa shape index (κ2) is 3.03. The number of anilines is 1. The van der Waals surface area contributed by atoms with E-state index in [4.69, 9.17) is 5.73 Å². The minimum absolute atomic E-state index is 0.0961. The lowest BCUT2D eigenvalue weighted by atomic mass is 10.3. The van der Waals surface area contributed by atoms with Crippen LogP contribution in [-0.2, 0) is 4.79 Å². The molecule has 1 aromatic rings. The molecule has 3 nitrogen and oxygen atoms in total. The van der Waals surface area contributed by atoms with Crippen molar-refractivity contribution in [2.45, 2.75) is 6.04 Å². The number of amides is 1. The molecular formula is C9H9BrN2O. The maximum absolute atomic E-state index is 10.8. The summed E-state index contributed by atoms with van der Waals surface area (Å²) in [4.78, 5) is 12.8. The van der Waals surface area contributed by atoms with Gasteiger partial charge in [-0.3, -0.25) is 4.79 Å². The van der Waals surface area contributed by atoms with Gasteiger partial charge in [-0.25, -0.2) is 0 Å². The number of carbonyl (C=O) groups is 1. The molecule has 1 saturated heterocycles. The molecule has 0 saturated carbocycles. The van der Waals surface area contributed by atoms with Crippen LogP contribution in [0.2, 0.25) is 0 Å². The van der Waals surface area contributed by atoms with Crippen LogP contribution in [0.3, 0.4) is 0 Å². The monoisotopic (exact) mass is 240 g/mol. The third-order valence-corrected chi connectivity index (χ3v) is 2.63. The van der Waals surface area contributed by atoms with E-state index in [1.165, 1.54) is 0 Å². The second-order valence-corrected chi connectivity index (χ2v) is 3.96. The summed E-state index contributed by atoms with van der Waals surface area (Å²) in [6.07, 6.45) is 0. The Morgan fingerprint density at radius 2 is 2.08 bits per heavy atom. The quantitative estimate of drug-likeness (QED) is 0.788. The van der Waals surface area contributed by atoms with E-state index in [-0.39, 0.29) is 11.9 Å². The fraction of sp³-hybridized carbons (Fsp3) is 0.222. The van der Waals surface area contributed by atoms with Crippen LogP contribution in [0.15, 0.2) is 28.7 Å². The number of hydrogen-bond acceptors (Lipinski definition) is 2. The summed E-state index contributed by atoms with van der Waals surface area (Å²) in [5.41, 5.74) is 6.21. The standard InChI is InChI=1S/C9H9BrN2O/c10-6-1-3-7(4-2-6)12-5-8(12)9(11)13/h1-4,8H,5H2,(H2,11,13). The number of nitrogens with zero attached hydrogens (tertiary/aromatic N) is 1. The van der Waals surface area contributed by atoms with Gasteiger partial charge in [0.15, 0.2) is 0 Å². The van der Waals surface area contributed by atoms with Crippen molar-refractivity contribution in [3.8, 4) is 0 Å². The maximum atomic E-state index is 10.8. The zero-order valence-corrected chi connectivity index (χ0v) is 8.49. The zero-order valence-electron chi connectivity index (χ0n) is 6.90. The molecule has 0 aliphatic carbocycles. The van der Waals surface area contributed by atoms with Gasteiger partial charge in [-0.15, -0.1) is 0 Å². The normalized spacial score (nSPS) is 20.1. The Kier molecular flexibility index (Phi) is 2.00. The molecule has 1 heterocycles. The van der Waals surface area contributed by atoms with E-state index in [2.05, 4.69) is 15.9 Å². The zero-order chi connectivity index (χ0) is 9.42. The van der Waals surface area contributed by atoms with Crippen molar-refractivity contribution in [2.24, 2.45) is 5.73 Å². The highest BCUT2D eigenvalue weighted by atomic mass is 79.9. The molecule has 0 aromatic heterocycles. The van der Waals surface area contributed by atoms with E-state index in [0.717, 1.165) is 16.7 Å². The molecule has 1 aliphatic heterocycles. The Balaban J connectivity index is 2.12. The van der Waals surface area contributed by atoms with Crippen LogP contribution in [0, 0.1) is 0 Å². The summed E-state index contributed by atoms with van der Waals surface area (Å²) >= 11 is 3.35. The highest BCUT2D eigenvalue weighted by Crippen LogP contribution is 2.28. The molecule has 1 aliphatic rings. The summed E-state index contributed by atoms with van der Waals surface area (Å²) in [7, 11) is 0. The van der Waals surface area contributed by atoms with Crippen LogP contribution in [0.4, 0.5) is 5.69 Å². The fourth-order valence-electron chi connectivity index (χ4n) is 1.30. The Hall–Kier alpha value is -1.03. The Morgan fingerprint density at radius 1 is 1.46 bits per heavy atom. The third-order valence-electron chi connectivity index (χ3n) is 2.10. The van der Waals surface area contributed by atoms with Gasteiger partial charge < -0.3 is 10.6 Å². The van der Waals surface area contributed by atoms with Crippen LogP contribution >= 0.6 is 15.9 Å². The molecule has 1 unspecified atom stereocenters. The van der Waals surface area contributed by atoms with E-state index in [0.29, 0.717) is 0 Å². The summed E-state index contributed by atoms with van der Waals surface area (Å²) in [5.74, 6) is -0.247. The Morgan fingerprint density at radius 3 is 2.54 bits per heavy atom. The van der Waals surface area contributed by atoms with Crippen LogP contribution < -0.4 is 10.6 Å². The molecule has 68 valence electrons. The highest BCUT2D eigenvalue weighted by molar-refractivity contribution is 9.10. The van der Waals surface area contributed by atoms with Crippen molar-refractivity contribution in [3.05, 3.63) is 28.7 Å². The van der Waals surface area contributed by atoms with Crippen LogP contribution in [0.25, 0.3) is 0 Å². The topological polar surface area (TPSA) is 46.1 Å². The predicted octanol–water partition coefficient (Wildman–Crippen LogP) is 1.12. The van der Waals surface area contributed by atoms with Gasteiger partial charge in [-0.2, -0.15) is 0 Å². The van der Waals surface area contributed by atoms with Gasteiger partial charge >= 0.3 is 0 Å². The molecule has 2 rings (SSSR count). The molecule has 1 aromatic carbocycles. The molecule has 1 fully saturated rings. The van der Waals surface area contributed by atoms with Gasteiger partial charge in [0.25, 0.3) is 0 Å². The van der Waals surface area contributed by atoms with Crippen LogP contribution in [0.1, 0.15) is 0 Å². The molecule has 13 heavy (non-hydrogen) atoms. The van der Waals surface area contributed by atoms with Gasteiger partial charge in [0.1, 0.15) is 6.04 Å². The molecule has 0 spiro atoms. The molecular weight excluding hydrogens is 232 g/mol. The lowest BCUT2D eigenvalue weighted by Crippen LogP contribution is -2.21. The Bertz CT molecular complexity index is 336. The van der Waals surface area contributed by atoms with Gasteiger partial charge in [0.2, 0.25) is 5.91 Å². The van der Waals surface area contributed by atoms with Crippen molar-refractivity contribution in [2.75, 3.05) is 11.4 Å². The van der Waals surface area contributed by atoms with Gasteiger partial charge in [0, 0.05) is 16.7 Å². The van der Waals surface area contributed by atoms with Gasteiger partial charge in [-0.05, 0) is 24.3 Å². The first-order valence-corrected chi connectivity index (χ1v) is 4.79. The highest BCUT2D eigenvalue weighted by Gasteiger charge is 2.38. The molecule has 4 heteroatoms. The molecule has 2 N–H and O–H groups in total. The smallest absolute Gasteiger partial charge is 0.241 e. The van der Waals surface area contributed by atoms with E-state index < -0.39 is 0 Å². The molecule has 1 atom stereocenters. The number of nitrogens with two attached hydrogens (primary N) is 1. The van der Waals surface area contributed by atoms with Gasteiger partial charge in [-0.1, -0.05) is 15.9 Å². The third kappa shape index (κ3) is 1.67. The van der Waals surface area contributed by atoms with Crippen molar-refractivity contribution in [1.29, 1.82) is 0 Å². The minimum atomic E-state index is -0.247. The van der Waals surface area contributed by atoms with Gasteiger partial charge in [0.05, 0.1) is 0 Å². The maximum Gasteiger partial charge on any atom is 0.241 e. The molecule has 1 amide bonds. The van der Waals surface area contributed by atoms with Crippen molar-refractivity contribution in [3.63, 3.8) is 0 Å². The number of rotatable bonds is 2. The van der Waals surface area contributed by atoms with Crippen LogP contribution in [0.5, 0.6) is 0 Å². The van der Waals surface area contributed by atoms with Crippen molar-refractivity contribution >= 4 is 27.5 Å². The predicted molar refractivity (Wildman–Crippen MR) is 54.5 cm³/mol. The van der Waals surface area contributed by atoms with E-state index >= 15 is 0 Å². The number of primary amides is 1. The fourth-order valence-corrected chi connectivity index (χ4v) is 1.56. The Labute approximate surface area is 84.6 Å². The average Bonchev–Trinajstić information content (AvgIpc) is 2.85. The lowest BCUT2D eigenvalue weighted by Gasteiger charge is -2.03. The largest absolute Gasteiger partial charge is 0.368 e. The summed E-state index contributed by atoms with van der Waals surface area (Å²) in [5, 5.41) is 0. The number of hydrogen-bond donors (Lipinski definition) is 1. The first-order valence-electron chi connectivity index (χ1n) is 4.00. The number of carbonyl (C=O) groups excluding carboxylic acids is 1. The molecule has 0 radical (unpaired) electrons. The lowest BCUT2D eigenvalue weighted by molar-refractivity contribution is -0.117. The minimum Gasteiger partial charge on any atom is -0.368 e. The second-order valence-electron chi connectivity index (χ2n) is 3.05. The summed E-state index contributed by atoms with van der Waals surface area (Å²) in [6.45, 7) is 0.747. The number of halogens is 1. The first kappa shape index (κ1) is 8.56. The first-order chi connectivity index (χ1) is 6.18. The summed E-state index contributed by atoms with van der Waals surface area (Å²) in [6, 6.07) is 7.73. The van der Waals surface area contributed by atoms with Crippen molar-refractivity contribution in [1.82, 2.24) is 0 Å². The number of benzene rings is 1. The van der Waals surface area contributed by atoms with E-state index in [9.17, 15) is 4.79 Å². The van der Waals surface area contributed by atoms with E-state index in [1.807, 2.05) is 29.2 Å². The average molecular weight is 241 g/mol. The van der Waals surface area contributed by atoms with Crippen LogP contribution in [-0.4, -0.2) is 18.5 Å². The summed E-state index contributed by atoms with van der Waals surface area (Å²) < 4.78 is 1.04. The van der Waals surface area contributed by atoms with Crippen molar-refractivity contribution < 1.29 is 4.79 Å². The molecule has 0 bridgehead atoms. The SMILES string of the molecule is NC(=O)C1CN1c1ccc(Br)cc1. The van der Waals surface area contributed by atoms with E-state index in [1.54, 1.807) is 0 Å².